The summed E-state index contributed by atoms with van der Waals surface area (Å²) in [5.41, 5.74) is 5.88. The van der Waals surface area contributed by atoms with Gasteiger partial charge in [0.25, 0.3) is 0 Å². The summed E-state index contributed by atoms with van der Waals surface area (Å²) >= 11 is 5.85. The molecule has 3 aromatic heterocycles. The largest absolute Gasteiger partial charge is 0.133 e. The van der Waals surface area contributed by atoms with E-state index in [-0.39, 0.29) is 10.8 Å². The van der Waals surface area contributed by atoms with Gasteiger partial charge in [0, 0.05) is 19.2 Å². The van der Waals surface area contributed by atoms with Crippen molar-refractivity contribution in [1.82, 2.24) is 0 Å². The van der Waals surface area contributed by atoms with Crippen LogP contribution in [0.25, 0.3) is 39.7 Å². The van der Waals surface area contributed by atoms with E-state index < -0.39 is 0 Å². The van der Waals surface area contributed by atoms with Crippen molar-refractivity contribution in [3.05, 3.63) is 71.8 Å². The molecule has 0 amide bonds. The number of hydrogen-bond acceptors (Lipinski definition) is 3. The maximum absolute atomic E-state index is 2.41. The van der Waals surface area contributed by atoms with E-state index in [0.717, 1.165) is 0 Å². The molecular formula is C28H28S3. The van der Waals surface area contributed by atoms with Crippen LogP contribution in [-0.2, 0) is 10.8 Å². The van der Waals surface area contributed by atoms with Gasteiger partial charge in [0.1, 0.15) is 0 Å². The molecular weight excluding hydrogens is 433 g/mol. The van der Waals surface area contributed by atoms with Crippen molar-refractivity contribution in [2.24, 2.45) is 0 Å². The average molecular weight is 461 g/mol. The summed E-state index contributed by atoms with van der Waals surface area (Å²) < 4.78 is 5.73. The van der Waals surface area contributed by atoms with Gasteiger partial charge in [-0.15, -0.1) is 34.0 Å². The Balaban J connectivity index is 1.65. The zero-order valence-corrected chi connectivity index (χ0v) is 21.4. The van der Waals surface area contributed by atoms with Gasteiger partial charge in [-0.3, -0.25) is 0 Å². The second-order valence-electron chi connectivity index (χ2n) is 10.3. The molecule has 0 bridgehead atoms. The number of fused-ring (bicyclic) bond motifs is 3. The molecule has 158 valence electrons. The topological polar surface area (TPSA) is 0 Å². The minimum Gasteiger partial charge on any atom is -0.133 e. The molecule has 0 N–H and O–H groups in total. The first-order valence-electron chi connectivity index (χ1n) is 10.8. The lowest BCUT2D eigenvalue weighted by Gasteiger charge is -2.22. The summed E-state index contributed by atoms with van der Waals surface area (Å²) in [6, 6.07) is 22.6. The Hall–Kier alpha value is -1.94. The first-order chi connectivity index (χ1) is 14.6. The summed E-state index contributed by atoms with van der Waals surface area (Å²) in [5.74, 6) is 0. The molecule has 0 fully saturated rings. The summed E-state index contributed by atoms with van der Waals surface area (Å²) in [6.45, 7) is 13.8. The van der Waals surface area contributed by atoms with Gasteiger partial charge in [-0.25, -0.2) is 0 Å². The molecule has 0 nitrogen and oxygen atoms in total. The van der Waals surface area contributed by atoms with Gasteiger partial charge in [0.2, 0.25) is 0 Å². The maximum atomic E-state index is 2.41. The molecule has 3 heteroatoms. The van der Waals surface area contributed by atoms with E-state index in [0.29, 0.717) is 0 Å². The van der Waals surface area contributed by atoms with Gasteiger partial charge in [-0.1, -0.05) is 90.1 Å². The Morgan fingerprint density at radius 2 is 0.903 bits per heavy atom. The van der Waals surface area contributed by atoms with Crippen LogP contribution < -0.4 is 0 Å². The van der Waals surface area contributed by atoms with E-state index in [1.54, 1.807) is 0 Å². The quantitative estimate of drug-likeness (QED) is 0.246. The summed E-state index contributed by atoms with van der Waals surface area (Å²) in [5, 5.41) is 0. The van der Waals surface area contributed by atoms with Gasteiger partial charge < -0.3 is 0 Å². The molecule has 0 aliphatic rings. The second-order valence-corrected chi connectivity index (χ2v) is 13.5. The van der Waals surface area contributed by atoms with Crippen molar-refractivity contribution < 1.29 is 0 Å². The Kier molecular flexibility index (Phi) is 4.93. The minimum atomic E-state index is 0.135. The lowest BCUT2D eigenvalue weighted by molar-refractivity contribution is 0.592. The predicted octanol–water partition coefficient (Wildman–Crippen LogP) is 10.1. The Labute approximate surface area is 197 Å². The first kappa shape index (κ1) is 20.9. The van der Waals surface area contributed by atoms with Gasteiger partial charge in [-0.2, -0.15) is 0 Å². The molecule has 0 aliphatic heterocycles. The molecule has 3 heterocycles. The molecule has 0 unspecified atom stereocenters. The average Bonchev–Trinajstić information content (AvgIpc) is 3.37. The zero-order valence-electron chi connectivity index (χ0n) is 19.0. The van der Waals surface area contributed by atoms with Crippen LogP contribution in [0.1, 0.15) is 52.7 Å². The number of rotatable bonds is 2. The van der Waals surface area contributed by atoms with Crippen molar-refractivity contribution in [2.45, 2.75) is 52.4 Å². The molecule has 0 radical (unpaired) electrons. The van der Waals surface area contributed by atoms with Crippen molar-refractivity contribution in [3.8, 4) is 20.9 Å². The second kappa shape index (κ2) is 7.30. The van der Waals surface area contributed by atoms with Gasteiger partial charge in [-0.05, 0) is 45.2 Å². The fourth-order valence-electron chi connectivity index (χ4n) is 4.30. The molecule has 31 heavy (non-hydrogen) atoms. The Morgan fingerprint density at radius 1 is 0.516 bits per heavy atom. The van der Waals surface area contributed by atoms with Crippen molar-refractivity contribution in [1.29, 1.82) is 0 Å². The van der Waals surface area contributed by atoms with Crippen LogP contribution in [-0.4, -0.2) is 0 Å². The predicted molar refractivity (Wildman–Crippen MR) is 143 cm³/mol. The molecule has 5 rings (SSSR count). The van der Waals surface area contributed by atoms with Crippen molar-refractivity contribution >= 4 is 52.8 Å². The number of hydrogen-bond donors (Lipinski definition) is 0. The third-order valence-electron chi connectivity index (χ3n) is 5.82. The highest BCUT2D eigenvalue weighted by Gasteiger charge is 2.23. The third kappa shape index (κ3) is 3.67. The highest BCUT2D eigenvalue weighted by atomic mass is 32.1. The monoisotopic (exact) mass is 460 g/mol. The van der Waals surface area contributed by atoms with Crippen LogP contribution in [0.3, 0.4) is 0 Å². The summed E-state index contributed by atoms with van der Waals surface area (Å²) in [7, 11) is 0. The van der Waals surface area contributed by atoms with E-state index in [1.807, 2.05) is 34.0 Å². The molecule has 0 saturated heterocycles. The Bertz CT molecular complexity index is 1290. The van der Waals surface area contributed by atoms with E-state index in [1.165, 1.54) is 50.8 Å². The van der Waals surface area contributed by atoms with E-state index in [4.69, 9.17) is 0 Å². The van der Waals surface area contributed by atoms with Crippen LogP contribution >= 0.6 is 34.0 Å². The molecule has 0 saturated carbocycles. The number of thiophene rings is 3. The van der Waals surface area contributed by atoms with Crippen LogP contribution in [0.5, 0.6) is 0 Å². The van der Waals surface area contributed by atoms with Crippen molar-refractivity contribution in [3.63, 3.8) is 0 Å². The minimum absolute atomic E-state index is 0.135. The van der Waals surface area contributed by atoms with Crippen LogP contribution in [0.15, 0.2) is 60.7 Å². The lowest BCUT2D eigenvalue weighted by Crippen LogP contribution is -2.12. The van der Waals surface area contributed by atoms with Gasteiger partial charge >= 0.3 is 0 Å². The summed E-state index contributed by atoms with van der Waals surface area (Å²) in [6.07, 6.45) is 0. The third-order valence-corrected chi connectivity index (χ3v) is 9.67. The maximum Gasteiger partial charge on any atom is 0.0636 e. The fraction of sp³-hybridized carbons (Fsp3) is 0.286. The summed E-state index contributed by atoms with van der Waals surface area (Å²) in [4.78, 5) is 2.78. The number of benzene rings is 2. The Morgan fingerprint density at radius 3 is 1.29 bits per heavy atom. The molecule has 0 aliphatic carbocycles. The first-order valence-corrected chi connectivity index (χ1v) is 13.2. The molecule has 5 aromatic rings. The molecule has 0 spiro atoms. The molecule has 2 aromatic carbocycles. The van der Waals surface area contributed by atoms with Crippen LogP contribution in [0.4, 0.5) is 0 Å². The molecule has 0 atom stereocenters. The van der Waals surface area contributed by atoms with E-state index >= 15 is 0 Å². The van der Waals surface area contributed by atoms with Crippen molar-refractivity contribution in [2.75, 3.05) is 0 Å². The van der Waals surface area contributed by atoms with Crippen LogP contribution in [0.2, 0.25) is 0 Å². The lowest BCUT2D eigenvalue weighted by atomic mass is 9.83. The highest BCUT2D eigenvalue weighted by Crippen LogP contribution is 2.49. The normalized spacial score (nSPS) is 12.8. The smallest absolute Gasteiger partial charge is 0.0636 e. The fourth-order valence-corrected chi connectivity index (χ4v) is 8.41. The van der Waals surface area contributed by atoms with E-state index in [9.17, 15) is 0 Å². The zero-order chi connectivity index (χ0) is 22.0. The SMILES string of the molecule is CC(C)(C)c1ccccc1-c1cc2sc3cc(-c4ccccc4C(C)(C)C)sc3c2s1. The van der Waals surface area contributed by atoms with Gasteiger partial charge in [0.05, 0.1) is 9.40 Å². The van der Waals surface area contributed by atoms with E-state index in [2.05, 4.69) is 102 Å². The highest BCUT2D eigenvalue weighted by molar-refractivity contribution is 7.40. The van der Waals surface area contributed by atoms with Gasteiger partial charge in [0.15, 0.2) is 0 Å². The standard InChI is InChI=1S/C28H28S3/c1-27(2,3)19-13-9-7-11-17(19)21-15-23-25(30-21)26-24(29-23)16-22(31-26)18-12-8-10-14-20(18)28(4,5)6/h7-16H,1-6H3. The van der Waals surface area contributed by atoms with Crippen LogP contribution in [0, 0.1) is 0 Å².